The molecule has 250 valence electrons. The molecule has 12 nitrogen and oxygen atoms in total. The van der Waals surface area contributed by atoms with Crippen molar-refractivity contribution in [3.63, 3.8) is 0 Å². The number of halogens is 3. The lowest BCUT2D eigenvalue weighted by Crippen LogP contribution is -2.61. The molecule has 0 bridgehead atoms. The average Bonchev–Trinajstić information content (AvgIpc) is 3.62. The molecule has 2 aliphatic rings. The van der Waals surface area contributed by atoms with Gasteiger partial charge in [-0.1, -0.05) is 48.5 Å². The molecular formula is C29H46F3N5O7. The number of carbonyl (C=O) groups is 6. The molecule has 2 fully saturated rings. The normalized spacial score (nSPS) is 21.1. The number of rotatable bonds is 12. The van der Waals surface area contributed by atoms with Gasteiger partial charge in [-0.2, -0.15) is 13.2 Å². The first kappa shape index (κ1) is 36.8. The Kier molecular flexibility index (Phi) is 11.8. The van der Waals surface area contributed by atoms with Crippen LogP contribution >= 0.6 is 0 Å². The molecule has 1 heterocycles. The summed E-state index contributed by atoms with van der Waals surface area (Å²) in [5.41, 5.74) is 3.38. The molecule has 1 unspecified atom stereocenters. The minimum absolute atomic E-state index is 0.0852. The number of alkyl halides is 3. The molecule has 1 aliphatic heterocycles. The summed E-state index contributed by atoms with van der Waals surface area (Å²) in [5, 5.41) is 7.43. The Morgan fingerprint density at radius 1 is 0.909 bits per heavy atom. The Bertz CT molecular complexity index is 1110. The second-order valence-electron chi connectivity index (χ2n) is 14.1. The van der Waals surface area contributed by atoms with Crippen LogP contribution in [0.2, 0.25) is 0 Å². The molecule has 1 saturated heterocycles. The van der Waals surface area contributed by atoms with Gasteiger partial charge in [-0.25, -0.2) is 9.59 Å². The Morgan fingerprint density at radius 2 is 1.45 bits per heavy atom. The SMILES string of the molecule is C[C@@H]1C[C@@H](C(=O)NC(CCC(F)(F)F)C(=O)C(N)=O)N(C(=O)[C@@H](NC(=O)N[C@H](C(=O)OCC2CC2)C(C)(C)C)C(C)(C)C)C1. The van der Waals surface area contributed by atoms with Crippen molar-refractivity contribution in [2.75, 3.05) is 13.2 Å². The van der Waals surface area contributed by atoms with Crippen molar-refractivity contribution in [2.45, 2.75) is 111 Å². The number of amides is 5. The number of nitrogens with one attached hydrogen (secondary N) is 3. The van der Waals surface area contributed by atoms with Gasteiger partial charge >= 0.3 is 18.2 Å². The van der Waals surface area contributed by atoms with Gasteiger partial charge in [-0.3, -0.25) is 19.2 Å². The number of primary amides is 1. The molecule has 0 aromatic heterocycles. The topological polar surface area (TPSA) is 177 Å². The van der Waals surface area contributed by atoms with Gasteiger partial charge in [0, 0.05) is 13.0 Å². The Balaban J connectivity index is 2.23. The van der Waals surface area contributed by atoms with E-state index in [4.69, 9.17) is 10.5 Å². The lowest BCUT2D eigenvalue weighted by atomic mass is 9.85. The third kappa shape index (κ3) is 11.0. The Hall–Kier alpha value is -3.39. The quantitative estimate of drug-likeness (QED) is 0.188. The fourth-order valence-electron chi connectivity index (χ4n) is 4.87. The van der Waals surface area contributed by atoms with Crippen LogP contribution in [0, 0.1) is 22.7 Å². The number of urea groups is 1. The van der Waals surface area contributed by atoms with Crippen LogP contribution < -0.4 is 21.7 Å². The lowest BCUT2D eigenvalue weighted by Gasteiger charge is -2.36. The number of ether oxygens (including phenoxy) is 1. The Morgan fingerprint density at radius 3 is 1.93 bits per heavy atom. The molecule has 0 aromatic rings. The molecule has 5 amide bonds. The zero-order chi connectivity index (χ0) is 33.8. The number of Topliss-reactive ketones (excluding diaryl/α,β-unsaturated/α-hetero) is 1. The molecule has 1 aliphatic carbocycles. The van der Waals surface area contributed by atoms with E-state index in [0.29, 0.717) is 5.92 Å². The number of hydrogen-bond donors (Lipinski definition) is 4. The van der Waals surface area contributed by atoms with Crippen LogP contribution in [0.15, 0.2) is 0 Å². The van der Waals surface area contributed by atoms with E-state index in [1.165, 1.54) is 4.90 Å². The van der Waals surface area contributed by atoms with Crippen molar-refractivity contribution in [2.24, 2.45) is 28.4 Å². The maximum absolute atomic E-state index is 13.9. The highest BCUT2D eigenvalue weighted by Gasteiger charge is 2.45. The smallest absolute Gasteiger partial charge is 0.389 e. The summed E-state index contributed by atoms with van der Waals surface area (Å²) in [6, 6.07) is -6.06. The monoisotopic (exact) mass is 633 g/mol. The van der Waals surface area contributed by atoms with E-state index in [9.17, 15) is 41.9 Å². The van der Waals surface area contributed by atoms with Crippen LogP contribution in [0.5, 0.6) is 0 Å². The van der Waals surface area contributed by atoms with E-state index in [0.717, 1.165) is 12.8 Å². The van der Waals surface area contributed by atoms with E-state index < -0.39 is 89.5 Å². The summed E-state index contributed by atoms with van der Waals surface area (Å²) in [6.07, 6.45) is -4.94. The number of hydrogen-bond acceptors (Lipinski definition) is 7. The number of nitrogens with two attached hydrogens (primary N) is 1. The van der Waals surface area contributed by atoms with E-state index >= 15 is 0 Å². The average molecular weight is 634 g/mol. The van der Waals surface area contributed by atoms with Crippen molar-refractivity contribution in [3.05, 3.63) is 0 Å². The fraction of sp³-hybridized carbons (Fsp3) is 0.793. The van der Waals surface area contributed by atoms with Crippen LogP contribution in [-0.2, 0) is 28.7 Å². The highest BCUT2D eigenvalue weighted by molar-refractivity contribution is 6.37. The van der Waals surface area contributed by atoms with Crippen LogP contribution in [-0.4, -0.2) is 83.9 Å². The van der Waals surface area contributed by atoms with E-state index in [1.54, 1.807) is 48.5 Å². The van der Waals surface area contributed by atoms with Gasteiger partial charge in [0.25, 0.3) is 5.91 Å². The Labute approximate surface area is 255 Å². The molecule has 0 aromatic carbocycles. The summed E-state index contributed by atoms with van der Waals surface area (Å²) in [7, 11) is 0. The highest BCUT2D eigenvalue weighted by Crippen LogP contribution is 2.31. The molecule has 0 radical (unpaired) electrons. The van der Waals surface area contributed by atoms with Crippen molar-refractivity contribution >= 4 is 35.5 Å². The highest BCUT2D eigenvalue weighted by atomic mass is 19.4. The third-order valence-corrected chi connectivity index (χ3v) is 7.61. The second-order valence-corrected chi connectivity index (χ2v) is 14.1. The minimum Gasteiger partial charge on any atom is -0.464 e. The molecule has 15 heteroatoms. The van der Waals surface area contributed by atoms with Crippen molar-refractivity contribution in [1.29, 1.82) is 0 Å². The lowest BCUT2D eigenvalue weighted by molar-refractivity contribution is -0.149. The molecule has 0 spiro atoms. The minimum atomic E-state index is -4.66. The maximum atomic E-state index is 13.9. The third-order valence-electron chi connectivity index (χ3n) is 7.61. The molecule has 2 rings (SSSR count). The maximum Gasteiger partial charge on any atom is 0.389 e. The van der Waals surface area contributed by atoms with Crippen LogP contribution in [0.3, 0.4) is 0 Å². The number of nitrogens with zero attached hydrogens (tertiary/aromatic N) is 1. The molecule has 5 N–H and O–H groups in total. The van der Waals surface area contributed by atoms with Gasteiger partial charge in [0.15, 0.2) is 0 Å². The van der Waals surface area contributed by atoms with Crippen molar-refractivity contribution < 1.29 is 46.7 Å². The second kappa shape index (κ2) is 14.1. The number of ketones is 1. The summed E-state index contributed by atoms with van der Waals surface area (Å²) in [5.74, 6) is -4.95. The van der Waals surface area contributed by atoms with Crippen LogP contribution in [0.25, 0.3) is 0 Å². The van der Waals surface area contributed by atoms with Gasteiger partial charge in [0.1, 0.15) is 18.1 Å². The zero-order valence-corrected chi connectivity index (χ0v) is 26.4. The first-order valence-corrected chi connectivity index (χ1v) is 14.8. The van der Waals surface area contributed by atoms with E-state index in [-0.39, 0.29) is 25.5 Å². The van der Waals surface area contributed by atoms with Crippen LogP contribution in [0.1, 0.15) is 80.6 Å². The van der Waals surface area contributed by atoms with Crippen LogP contribution in [0.4, 0.5) is 18.0 Å². The summed E-state index contributed by atoms with van der Waals surface area (Å²) >= 11 is 0. The number of esters is 1. The van der Waals surface area contributed by atoms with Gasteiger partial charge < -0.3 is 31.3 Å². The van der Waals surface area contributed by atoms with Gasteiger partial charge in [0.05, 0.1) is 12.6 Å². The molecule has 44 heavy (non-hydrogen) atoms. The first-order valence-electron chi connectivity index (χ1n) is 14.8. The first-order chi connectivity index (χ1) is 20.0. The molecule has 1 saturated carbocycles. The standard InChI is InChI=1S/C29H46F3N5O7/c1-15-12-18(23(40)34-17(19(38)22(33)39)10-11-29(30,31)32)37(13-15)24(41)20(27(2,3)4)35-26(43)36-21(28(5,6)7)25(42)44-14-16-8-9-16/h15-18,20-21H,8-14H2,1-7H3,(H2,33,39)(H,34,40)(H2,35,36,43)/t15-,17?,18+,20-,21-/m1/s1. The van der Waals surface area contributed by atoms with E-state index in [1.807, 2.05) is 0 Å². The fourth-order valence-corrected chi connectivity index (χ4v) is 4.87. The summed E-state index contributed by atoms with van der Waals surface area (Å²) < 4.78 is 43.9. The van der Waals surface area contributed by atoms with Crippen molar-refractivity contribution in [1.82, 2.24) is 20.9 Å². The number of likely N-dealkylation sites (tertiary alicyclic amines) is 1. The van der Waals surface area contributed by atoms with Gasteiger partial charge in [0.2, 0.25) is 17.6 Å². The zero-order valence-electron chi connectivity index (χ0n) is 26.4. The predicted molar refractivity (Wildman–Crippen MR) is 153 cm³/mol. The van der Waals surface area contributed by atoms with Gasteiger partial charge in [-0.05, 0) is 48.3 Å². The molecular weight excluding hydrogens is 587 g/mol. The summed E-state index contributed by atoms with van der Waals surface area (Å²) in [6.45, 7) is 12.4. The van der Waals surface area contributed by atoms with Gasteiger partial charge in [-0.15, -0.1) is 0 Å². The van der Waals surface area contributed by atoms with E-state index in [2.05, 4.69) is 16.0 Å². The largest absolute Gasteiger partial charge is 0.464 e. The number of carbonyl (C=O) groups excluding carboxylic acids is 6. The molecule has 5 atom stereocenters. The summed E-state index contributed by atoms with van der Waals surface area (Å²) in [4.78, 5) is 78.0. The van der Waals surface area contributed by atoms with Crippen molar-refractivity contribution in [3.8, 4) is 0 Å². The predicted octanol–water partition coefficient (Wildman–Crippen LogP) is 2.19.